The standard InChI is InChI=1S/C13H29NOS/c1-5-6-7-13(10-15-4)14-8-9-16-11-12(2)3/h12-14H,5-11H2,1-4H3. The molecule has 0 aromatic rings. The summed E-state index contributed by atoms with van der Waals surface area (Å²) >= 11 is 2.04. The molecular weight excluding hydrogens is 218 g/mol. The van der Waals surface area contributed by atoms with Crippen molar-refractivity contribution < 1.29 is 4.74 Å². The first kappa shape index (κ1) is 16.3. The molecule has 0 saturated carbocycles. The monoisotopic (exact) mass is 247 g/mol. The third-order valence-corrected chi connectivity index (χ3v) is 3.80. The van der Waals surface area contributed by atoms with Crippen molar-refractivity contribution in [2.24, 2.45) is 5.92 Å². The van der Waals surface area contributed by atoms with Crippen molar-refractivity contribution >= 4 is 11.8 Å². The minimum atomic E-state index is 0.546. The Bertz CT molecular complexity index is 142. The Morgan fingerprint density at radius 2 is 2.06 bits per heavy atom. The lowest BCUT2D eigenvalue weighted by Crippen LogP contribution is -2.34. The molecule has 3 heteroatoms. The number of methoxy groups -OCH3 is 1. The number of ether oxygens (including phenoxy) is 1. The van der Waals surface area contributed by atoms with Crippen molar-refractivity contribution in [3.05, 3.63) is 0 Å². The lowest BCUT2D eigenvalue weighted by atomic mass is 10.1. The second-order valence-corrected chi connectivity index (χ2v) is 5.87. The predicted molar refractivity (Wildman–Crippen MR) is 75.4 cm³/mol. The first-order valence-corrected chi connectivity index (χ1v) is 7.66. The number of unbranched alkanes of at least 4 members (excludes halogenated alkanes) is 1. The maximum atomic E-state index is 5.23. The highest BCUT2D eigenvalue weighted by atomic mass is 32.2. The highest BCUT2D eigenvalue weighted by Gasteiger charge is 2.06. The molecule has 0 aliphatic rings. The van der Waals surface area contributed by atoms with E-state index in [-0.39, 0.29) is 0 Å². The van der Waals surface area contributed by atoms with Crippen LogP contribution in [0.2, 0.25) is 0 Å². The van der Waals surface area contributed by atoms with Gasteiger partial charge < -0.3 is 10.1 Å². The molecule has 0 aliphatic heterocycles. The first-order chi connectivity index (χ1) is 7.70. The van der Waals surface area contributed by atoms with Crippen molar-refractivity contribution in [2.45, 2.75) is 46.1 Å². The largest absolute Gasteiger partial charge is 0.383 e. The molecule has 98 valence electrons. The van der Waals surface area contributed by atoms with Crippen molar-refractivity contribution in [1.82, 2.24) is 5.32 Å². The maximum absolute atomic E-state index is 5.23. The van der Waals surface area contributed by atoms with Gasteiger partial charge in [0.25, 0.3) is 0 Å². The molecule has 0 spiro atoms. The maximum Gasteiger partial charge on any atom is 0.0615 e. The van der Waals surface area contributed by atoms with E-state index in [0.717, 1.165) is 19.1 Å². The van der Waals surface area contributed by atoms with Crippen molar-refractivity contribution in [3.63, 3.8) is 0 Å². The van der Waals surface area contributed by atoms with Crippen LogP contribution in [0.4, 0.5) is 0 Å². The van der Waals surface area contributed by atoms with E-state index in [9.17, 15) is 0 Å². The summed E-state index contributed by atoms with van der Waals surface area (Å²) in [7, 11) is 1.79. The fourth-order valence-corrected chi connectivity index (χ4v) is 2.45. The smallest absolute Gasteiger partial charge is 0.0615 e. The molecule has 0 aliphatic carbocycles. The van der Waals surface area contributed by atoms with Crippen molar-refractivity contribution in [1.29, 1.82) is 0 Å². The van der Waals surface area contributed by atoms with Crippen LogP contribution in [0.5, 0.6) is 0 Å². The molecular formula is C13H29NOS. The van der Waals surface area contributed by atoms with Gasteiger partial charge in [-0.2, -0.15) is 11.8 Å². The van der Waals surface area contributed by atoms with Gasteiger partial charge in [0.05, 0.1) is 6.61 Å². The van der Waals surface area contributed by atoms with Crippen LogP contribution in [-0.2, 0) is 4.74 Å². The number of hydrogen-bond donors (Lipinski definition) is 1. The van der Waals surface area contributed by atoms with E-state index >= 15 is 0 Å². The Morgan fingerprint density at radius 3 is 2.62 bits per heavy atom. The molecule has 16 heavy (non-hydrogen) atoms. The van der Waals surface area contributed by atoms with Crippen LogP contribution in [0.3, 0.4) is 0 Å². The highest BCUT2D eigenvalue weighted by molar-refractivity contribution is 7.99. The van der Waals surface area contributed by atoms with Gasteiger partial charge in [0.1, 0.15) is 0 Å². The average molecular weight is 247 g/mol. The molecule has 0 bridgehead atoms. The van der Waals surface area contributed by atoms with Gasteiger partial charge in [-0.05, 0) is 18.1 Å². The Kier molecular flexibility index (Phi) is 11.9. The van der Waals surface area contributed by atoms with Gasteiger partial charge in [0, 0.05) is 25.4 Å². The predicted octanol–water partition coefficient (Wildman–Crippen LogP) is 3.17. The zero-order valence-corrected chi connectivity index (χ0v) is 12.2. The minimum Gasteiger partial charge on any atom is -0.383 e. The summed E-state index contributed by atoms with van der Waals surface area (Å²) in [4.78, 5) is 0. The molecule has 0 aromatic heterocycles. The fourth-order valence-electron chi connectivity index (χ4n) is 1.55. The molecule has 0 radical (unpaired) electrons. The summed E-state index contributed by atoms with van der Waals surface area (Å²) in [6.45, 7) is 8.73. The summed E-state index contributed by atoms with van der Waals surface area (Å²) in [5, 5.41) is 3.58. The second kappa shape index (κ2) is 11.7. The quantitative estimate of drug-likeness (QED) is 0.567. The van der Waals surface area contributed by atoms with E-state index in [1.54, 1.807) is 7.11 Å². The lowest BCUT2D eigenvalue weighted by Gasteiger charge is -2.17. The van der Waals surface area contributed by atoms with Gasteiger partial charge in [-0.25, -0.2) is 0 Å². The summed E-state index contributed by atoms with van der Waals surface area (Å²) in [5.41, 5.74) is 0. The SMILES string of the molecule is CCCCC(COC)NCCSCC(C)C. The number of rotatable bonds is 11. The Labute approximate surface area is 106 Å². The number of nitrogens with one attached hydrogen (secondary N) is 1. The van der Waals surface area contributed by atoms with Gasteiger partial charge >= 0.3 is 0 Å². The van der Waals surface area contributed by atoms with Gasteiger partial charge in [0.2, 0.25) is 0 Å². The van der Waals surface area contributed by atoms with Crippen LogP contribution in [0.1, 0.15) is 40.0 Å². The third-order valence-electron chi connectivity index (χ3n) is 2.40. The van der Waals surface area contributed by atoms with E-state index < -0.39 is 0 Å². The van der Waals surface area contributed by atoms with Gasteiger partial charge in [-0.15, -0.1) is 0 Å². The Balaban J connectivity index is 3.43. The summed E-state index contributed by atoms with van der Waals surface area (Å²) in [6.07, 6.45) is 3.79. The van der Waals surface area contributed by atoms with Gasteiger partial charge in [0.15, 0.2) is 0 Å². The summed E-state index contributed by atoms with van der Waals surface area (Å²) in [5.74, 6) is 3.29. The Morgan fingerprint density at radius 1 is 1.31 bits per heavy atom. The van der Waals surface area contributed by atoms with Crippen molar-refractivity contribution in [3.8, 4) is 0 Å². The van der Waals surface area contributed by atoms with Gasteiger partial charge in [-0.1, -0.05) is 33.6 Å². The highest BCUT2D eigenvalue weighted by Crippen LogP contribution is 2.07. The number of hydrogen-bond acceptors (Lipinski definition) is 3. The zero-order chi connectivity index (χ0) is 12.2. The molecule has 1 atom stereocenters. The minimum absolute atomic E-state index is 0.546. The van der Waals surface area contributed by atoms with Crippen LogP contribution in [0.15, 0.2) is 0 Å². The Hall–Kier alpha value is 0.270. The van der Waals surface area contributed by atoms with Crippen LogP contribution in [0, 0.1) is 5.92 Å². The van der Waals surface area contributed by atoms with E-state index in [0.29, 0.717) is 6.04 Å². The molecule has 1 unspecified atom stereocenters. The van der Waals surface area contributed by atoms with E-state index in [1.807, 2.05) is 11.8 Å². The van der Waals surface area contributed by atoms with Crippen LogP contribution >= 0.6 is 11.8 Å². The zero-order valence-electron chi connectivity index (χ0n) is 11.4. The molecule has 0 saturated heterocycles. The lowest BCUT2D eigenvalue weighted by molar-refractivity contribution is 0.162. The second-order valence-electron chi connectivity index (χ2n) is 4.72. The van der Waals surface area contributed by atoms with E-state index in [4.69, 9.17) is 4.74 Å². The average Bonchev–Trinajstić information content (AvgIpc) is 2.24. The fraction of sp³-hybridized carbons (Fsp3) is 1.00. The molecule has 0 aromatic carbocycles. The van der Waals surface area contributed by atoms with Crippen LogP contribution in [0.25, 0.3) is 0 Å². The molecule has 0 amide bonds. The normalized spacial score (nSPS) is 13.3. The topological polar surface area (TPSA) is 21.3 Å². The summed E-state index contributed by atoms with van der Waals surface area (Å²) in [6, 6.07) is 0.546. The first-order valence-electron chi connectivity index (χ1n) is 6.50. The summed E-state index contributed by atoms with van der Waals surface area (Å²) < 4.78 is 5.23. The molecule has 0 rings (SSSR count). The van der Waals surface area contributed by atoms with E-state index in [1.165, 1.54) is 30.8 Å². The van der Waals surface area contributed by atoms with Crippen LogP contribution < -0.4 is 5.32 Å². The van der Waals surface area contributed by atoms with Crippen LogP contribution in [-0.4, -0.2) is 37.8 Å². The molecule has 0 fully saturated rings. The van der Waals surface area contributed by atoms with E-state index in [2.05, 4.69) is 26.1 Å². The van der Waals surface area contributed by atoms with Crippen molar-refractivity contribution in [2.75, 3.05) is 31.8 Å². The molecule has 0 heterocycles. The molecule has 2 nitrogen and oxygen atoms in total. The van der Waals surface area contributed by atoms with Gasteiger partial charge in [-0.3, -0.25) is 0 Å². The number of thioether (sulfide) groups is 1. The third kappa shape index (κ3) is 10.8. The molecule has 1 N–H and O–H groups in total.